The van der Waals surface area contributed by atoms with E-state index in [4.69, 9.17) is 5.11 Å². The van der Waals surface area contributed by atoms with Gasteiger partial charge in [-0.15, -0.1) is 5.73 Å². The Morgan fingerprint density at radius 2 is 2.00 bits per heavy atom. The molecule has 0 bridgehead atoms. The summed E-state index contributed by atoms with van der Waals surface area (Å²) in [6.07, 6.45) is 2.11. The molecule has 0 saturated heterocycles. The van der Waals surface area contributed by atoms with Crippen LogP contribution in [0.5, 0.6) is 5.75 Å². The molecule has 1 aromatic carbocycles. The van der Waals surface area contributed by atoms with Gasteiger partial charge < -0.3 is 15.3 Å². The molecule has 122 valence electrons. The standard InChI is InChI=1S/C18H25FO3/c1-4-13(10-18(22)12(2)3)6-5-7-16(20)14-8-9-17(21)15(19)11-14/h5,8-9,11-12,16,18,20-22H,4,7,10H2,1-3H3/t6?,16-,18-/m1/s1. The van der Waals surface area contributed by atoms with Crippen LogP contribution in [0, 0.1) is 11.7 Å². The van der Waals surface area contributed by atoms with Gasteiger partial charge in [0.25, 0.3) is 0 Å². The maximum Gasteiger partial charge on any atom is 0.165 e. The van der Waals surface area contributed by atoms with Crippen LogP contribution in [0.3, 0.4) is 0 Å². The molecule has 0 spiro atoms. The van der Waals surface area contributed by atoms with Crippen molar-refractivity contribution in [3.63, 3.8) is 0 Å². The second-order valence-electron chi connectivity index (χ2n) is 5.78. The minimum Gasteiger partial charge on any atom is -0.505 e. The molecule has 3 N–H and O–H groups in total. The molecule has 0 aliphatic carbocycles. The highest BCUT2D eigenvalue weighted by molar-refractivity contribution is 5.29. The van der Waals surface area contributed by atoms with Crippen molar-refractivity contribution >= 4 is 0 Å². The van der Waals surface area contributed by atoms with Crippen LogP contribution >= 0.6 is 0 Å². The van der Waals surface area contributed by atoms with Crippen LogP contribution in [-0.2, 0) is 0 Å². The van der Waals surface area contributed by atoms with E-state index in [-0.39, 0.29) is 5.92 Å². The molecule has 0 aromatic heterocycles. The fraction of sp³-hybridized carbons (Fsp3) is 0.500. The summed E-state index contributed by atoms with van der Waals surface area (Å²) in [5, 5.41) is 29.0. The molecule has 0 saturated carbocycles. The highest BCUT2D eigenvalue weighted by Gasteiger charge is 2.11. The number of halogens is 1. The molecule has 0 unspecified atom stereocenters. The summed E-state index contributed by atoms with van der Waals surface area (Å²) in [7, 11) is 0. The second kappa shape index (κ2) is 8.74. The smallest absolute Gasteiger partial charge is 0.165 e. The van der Waals surface area contributed by atoms with E-state index in [1.165, 1.54) is 12.1 Å². The van der Waals surface area contributed by atoms with Crippen LogP contribution in [-0.4, -0.2) is 21.4 Å². The SMILES string of the molecule is CCC(=C=CC[C@@H](O)c1ccc(O)c(F)c1)C[C@@H](O)C(C)C. The summed E-state index contributed by atoms with van der Waals surface area (Å²) < 4.78 is 13.2. The van der Waals surface area contributed by atoms with E-state index in [2.05, 4.69) is 5.73 Å². The zero-order valence-electron chi connectivity index (χ0n) is 13.4. The van der Waals surface area contributed by atoms with Crippen LogP contribution in [0.1, 0.15) is 51.7 Å². The first-order valence-electron chi connectivity index (χ1n) is 7.62. The van der Waals surface area contributed by atoms with E-state index in [1.807, 2.05) is 20.8 Å². The summed E-state index contributed by atoms with van der Waals surface area (Å²) in [4.78, 5) is 0. The lowest BCUT2D eigenvalue weighted by atomic mass is 9.98. The van der Waals surface area contributed by atoms with Gasteiger partial charge in [-0.3, -0.25) is 0 Å². The van der Waals surface area contributed by atoms with Gasteiger partial charge in [-0.25, -0.2) is 4.39 Å². The number of phenolic OH excluding ortho intramolecular Hbond substituents is 1. The van der Waals surface area contributed by atoms with Gasteiger partial charge >= 0.3 is 0 Å². The van der Waals surface area contributed by atoms with Crippen molar-refractivity contribution in [1.82, 2.24) is 0 Å². The van der Waals surface area contributed by atoms with Crippen LogP contribution < -0.4 is 0 Å². The molecule has 22 heavy (non-hydrogen) atoms. The number of aliphatic hydroxyl groups is 2. The summed E-state index contributed by atoms with van der Waals surface area (Å²) in [5.41, 5.74) is 4.51. The predicted molar refractivity (Wildman–Crippen MR) is 85.0 cm³/mol. The van der Waals surface area contributed by atoms with E-state index >= 15 is 0 Å². The van der Waals surface area contributed by atoms with Gasteiger partial charge in [0.15, 0.2) is 11.6 Å². The number of phenols is 1. The van der Waals surface area contributed by atoms with Crippen molar-refractivity contribution in [3.05, 3.63) is 47.0 Å². The third-order valence-corrected chi connectivity index (χ3v) is 3.66. The number of aromatic hydroxyl groups is 1. The molecule has 1 rings (SSSR count). The average molecular weight is 308 g/mol. The first-order chi connectivity index (χ1) is 10.3. The number of aliphatic hydroxyl groups excluding tert-OH is 2. The zero-order valence-corrected chi connectivity index (χ0v) is 13.4. The van der Waals surface area contributed by atoms with Gasteiger partial charge in [0, 0.05) is 12.8 Å². The highest BCUT2D eigenvalue weighted by Crippen LogP contribution is 2.23. The molecule has 0 aliphatic heterocycles. The summed E-state index contributed by atoms with van der Waals surface area (Å²) >= 11 is 0. The van der Waals surface area contributed by atoms with E-state index in [9.17, 15) is 14.6 Å². The Bertz CT molecular complexity index is 545. The normalized spacial score (nSPS) is 13.6. The number of rotatable bonds is 7. The van der Waals surface area contributed by atoms with Crippen molar-refractivity contribution in [2.45, 2.75) is 52.2 Å². The van der Waals surface area contributed by atoms with Crippen LogP contribution in [0.2, 0.25) is 0 Å². The molecular weight excluding hydrogens is 283 g/mol. The van der Waals surface area contributed by atoms with Crippen LogP contribution in [0.15, 0.2) is 35.6 Å². The Balaban J connectivity index is 2.72. The lowest BCUT2D eigenvalue weighted by molar-refractivity contribution is 0.125. The molecular formula is C18H25FO3. The lowest BCUT2D eigenvalue weighted by Crippen LogP contribution is -2.14. The first-order valence-corrected chi connectivity index (χ1v) is 7.62. The van der Waals surface area contributed by atoms with Crippen molar-refractivity contribution in [2.75, 3.05) is 0 Å². The topological polar surface area (TPSA) is 60.7 Å². The number of benzene rings is 1. The molecule has 0 fully saturated rings. The number of hydrogen-bond donors (Lipinski definition) is 3. The molecule has 3 nitrogen and oxygen atoms in total. The Morgan fingerprint density at radius 3 is 2.55 bits per heavy atom. The van der Waals surface area contributed by atoms with Crippen molar-refractivity contribution in [3.8, 4) is 5.75 Å². The highest BCUT2D eigenvalue weighted by atomic mass is 19.1. The van der Waals surface area contributed by atoms with Crippen LogP contribution in [0.25, 0.3) is 0 Å². The Kier molecular flexibility index (Phi) is 7.33. The molecule has 0 heterocycles. The van der Waals surface area contributed by atoms with Gasteiger partial charge in [-0.2, -0.15) is 0 Å². The summed E-state index contributed by atoms with van der Waals surface area (Å²) in [6, 6.07) is 3.84. The van der Waals surface area contributed by atoms with Gasteiger partial charge in [-0.05, 0) is 41.7 Å². The molecule has 2 atom stereocenters. The van der Waals surface area contributed by atoms with Gasteiger partial charge in [0.2, 0.25) is 0 Å². The lowest BCUT2D eigenvalue weighted by Gasteiger charge is -2.14. The average Bonchev–Trinajstić information content (AvgIpc) is 2.48. The monoisotopic (exact) mass is 308 g/mol. The van der Waals surface area contributed by atoms with Crippen LogP contribution in [0.4, 0.5) is 4.39 Å². The fourth-order valence-electron chi connectivity index (χ4n) is 1.97. The van der Waals surface area contributed by atoms with E-state index in [1.54, 1.807) is 6.08 Å². The summed E-state index contributed by atoms with van der Waals surface area (Å²) in [5.74, 6) is -0.985. The van der Waals surface area contributed by atoms with Gasteiger partial charge in [0.05, 0.1) is 12.2 Å². The summed E-state index contributed by atoms with van der Waals surface area (Å²) in [6.45, 7) is 5.92. The Morgan fingerprint density at radius 1 is 1.32 bits per heavy atom. The predicted octanol–water partition coefficient (Wildman–Crippen LogP) is 3.85. The quantitative estimate of drug-likeness (QED) is 0.670. The molecule has 0 amide bonds. The largest absolute Gasteiger partial charge is 0.505 e. The van der Waals surface area contributed by atoms with Crippen molar-refractivity contribution in [2.24, 2.45) is 5.92 Å². The van der Waals surface area contributed by atoms with E-state index in [0.717, 1.165) is 18.1 Å². The second-order valence-corrected chi connectivity index (χ2v) is 5.78. The minimum absolute atomic E-state index is 0.189. The maximum absolute atomic E-state index is 13.2. The Labute approximate surface area is 131 Å². The molecule has 0 radical (unpaired) electrons. The third kappa shape index (κ3) is 5.64. The third-order valence-electron chi connectivity index (χ3n) is 3.66. The van der Waals surface area contributed by atoms with E-state index in [0.29, 0.717) is 18.4 Å². The molecule has 4 heteroatoms. The van der Waals surface area contributed by atoms with Gasteiger partial charge in [-0.1, -0.05) is 26.8 Å². The molecule has 0 aliphatic rings. The Hall–Kier alpha value is -1.61. The maximum atomic E-state index is 13.2. The molecule has 1 aromatic rings. The van der Waals surface area contributed by atoms with Crippen molar-refractivity contribution < 1.29 is 19.7 Å². The van der Waals surface area contributed by atoms with Crippen molar-refractivity contribution in [1.29, 1.82) is 0 Å². The number of hydrogen-bond acceptors (Lipinski definition) is 3. The minimum atomic E-state index is -0.851. The van der Waals surface area contributed by atoms with Gasteiger partial charge in [0.1, 0.15) is 0 Å². The first kappa shape index (κ1) is 18.4. The van der Waals surface area contributed by atoms with E-state index < -0.39 is 23.8 Å². The fourth-order valence-corrected chi connectivity index (χ4v) is 1.97. The zero-order chi connectivity index (χ0) is 16.7.